The summed E-state index contributed by atoms with van der Waals surface area (Å²) in [6.07, 6.45) is 7.59. The lowest BCUT2D eigenvalue weighted by molar-refractivity contribution is 0.0791. The van der Waals surface area contributed by atoms with Gasteiger partial charge in [-0.25, -0.2) is 0 Å². The van der Waals surface area contributed by atoms with Gasteiger partial charge < -0.3 is 10.1 Å². The number of pyridine rings is 1. The van der Waals surface area contributed by atoms with Gasteiger partial charge in [0.15, 0.2) is 0 Å². The van der Waals surface area contributed by atoms with Crippen LogP contribution < -0.4 is 5.56 Å². The summed E-state index contributed by atoms with van der Waals surface area (Å²) in [5.74, 6) is 0. The molecule has 31 heavy (non-hydrogen) atoms. The third kappa shape index (κ3) is 5.09. The number of aliphatic hydroxyl groups is 1. The van der Waals surface area contributed by atoms with Crippen LogP contribution in [0.5, 0.6) is 0 Å². The van der Waals surface area contributed by atoms with Gasteiger partial charge in [0.05, 0.1) is 18.1 Å². The van der Waals surface area contributed by atoms with E-state index in [1.165, 1.54) is 34.2 Å². The number of likely N-dealkylation sites (tertiary alicyclic amines) is 1. The van der Waals surface area contributed by atoms with Crippen LogP contribution >= 0.6 is 0 Å². The van der Waals surface area contributed by atoms with Crippen LogP contribution in [0.25, 0.3) is 11.3 Å². The van der Waals surface area contributed by atoms with E-state index in [0.29, 0.717) is 6.26 Å². The van der Waals surface area contributed by atoms with Gasteiger partial charge in [0, 0.05) is 37.2 Å². The van der Waals surface area contributed by atoms with Crippen LogP contribution in [0.3, 0.4) is 0 Å². The Labute approximate surface area is 182 Å². The average Bonchev–Trinajstić information content (AvgIpc) is 3.09. The van der Waals surface area contributed by atoms with E-state index >= 15 is 0 Å². The number of aromatic amines is 1. The normalized spacial score (nSPS) is 18.5. The summed E-state index contributed by atoms with van der Waals surface area (Å²) in [6, 6.07) is 6.52. The number of benzene rings is 1. The predicted octanol–water partition coefficient (Wildman–Crippen LogP) is 2.29. The Morgan fingerprint density at radius 2 is 1.71 bits per heavy atom. The van der Waals surface area contributed by atoms with Crippen LogP contribution in [0.2, 0.25) is 0 Å². The highest BCUT2D eigenvalue weighted by Gasteiger charge is 2.28. The number of rotatable bonds is 2. The maximum atomic E-state index is 12.6. The van der Waals surface area contributed by atoms with E-state index in [1.807, 2.05) is 0 Å². The van der Waals surface area contributed by atoms with Crippen LogP contribution in [-0.4, -0.2) is 53.4 Å². The first-order valence-corrected chi connectivity index (χ1v) is 12.8. The van der Waals surface area contributed by atoms with Crippen LogP contribution in [0, 0.1) is 0 Å². The van der Waals surface area contributed by atoms with Gasteiger partial charge in [-0.2, -0.15) is 8.42 Å². The number of nitrogens with one attached hydrogen (secondary N) is 1. The van der Waals surface area contributed by atoms with E-state index in [2.05, 4.69) is 28.1 Å². The minimum absolute atomic E-state index is 0.127. The molecule has 1 aromatic heterocycles. The molecule has 0 spiro atoms. The Morgan fingerprint density at radius 3 is 2.39 bits per heavy atom. The smallest absolute Gasteiger partial charge is 0.261 e. The summed E-state index contributed by atoms with van der Waals surface area (Å²) in [4.78, 5) is 18.2. The fourth-order valence-corrected chi connectivity index (χ4v) is 5.05. The molecule has 3 aliphatic rings. The van der Waals surface area contributed by atoms with Gasteiger partial charge in [-0.3, -0.25) is 14.2 Å². The molecule has 2 heterocycles. The summed E-state index contributed by atoms with van der Waals surface area (Å²) in [5.41, 5.74) is 8.93. The van der Waals surface area contributed by atoms with E-state index in [9.17, 15) is 18.3 Å². The number of piperidine rings is 1. The number of H-pyrrole nitrogens is 1. The molecule has 2 aromatic rings. The molecule has 0 atom stereocenters. The first-order chi connectivity index (χ1) is 14.7. The maximum Gasteiger partial charge on any atom is 0.261 e. The van der Waals surface area contributed by atoms with E-state index in [1.54, 1.807) is 0 Å². The summed E-state index contributed by atoms with van der Waals surface area (Å²) in [7, 11) is -3.67. The molecule has 2 aliphatic carbocycles. The van der Waals surface area contributed by atoms with Crippen LogP contribution in [-0.2, 0) is 35.9 Å². The van der Waals surface area contributed by atoms with Crippen molar-refractivity contribution < 1.29 is 18.1 Å². The molecule has 0 radical (unpaired) electrons. The predicted molar refractivity (Wildman–Crippen MR) is 120 cm³/mol. The molecule has 7 nitrogen and oxygen atoms in total. The van der Waals surface area contributed by atoms with Crippen molar-refractivity contribution in [3.63, 3.8) is 0 Å². The second-order valence-corrected chi connectivity index (χ2v) is 10.3. The fraction of sp³-hybridized carbons (Fsp3) is 0.522. The summed E-state index contributed by atoms with van der Waals surface area (Å²) >= 11 is 0. The maximum absolute atomic E-state index is 12.6. The number of aromatic nitrogens is 1. The van der Waals surface area contributed by atoms with Crippen LogP contribution in [0.1, 0.15) is 53.5 Å². The third-order valence-electron chi connectivity index (χ3n) is 6.49. The van der Waals surface area contributed by atoms with Gasteiger partial charge in [0.1, 0.15) is 0 Å². The lowest BCUT2D eigenvalue weighted by atomic mass is 9.88. The van der Waals surface area contributed by atoms with Crippen molar-refractivity contribution in [3.8, 4) is 11.3 Å². The Bertz CT molecular complexity index is 1120. The minimum atomic E-state index is -3.67. The highest BCUT2D eigenvalue weighted by atomic mass is 32.2. The first kappa shape index (κ1) is 22.2. The number of hydrogen-bond acceptors (Lipinski definition) is 5. The molecule has 0 unspecified atom stereocenters. The molecule has 1 fully saturated rings. The highest BCUT2D eigenvalue weighted by molar-refractivity contribution is 7.85. The van der Waals surface area contributed by atoms with Crippen LogP contribution in [0.15, 0.2) is 23.0 Å². The molecule has 3 N–H and O–H groups in total. The molecule has 168 valence electrons. The first-order valence-electron chi connectivity index (χ1n) is 10.9. The topological polar surface area (TPSA) is 111 Å². The number of aliphatic hydroxyl groups excluding tert-OH is 1. The van der Waals surface area contributed by atoms with Gasteiger partial charge in [0.2, 0.25) is 0 Å². The zero-order valence-electron chi connectivity index (χ0n) is 17.9. The van der Waals surface area contributed by atoms with Crippen molar-refractivity contribution in [1.82, 2.24) is 9.88 Å². The molecule has 5 rings (SSSR count). The molecule has 0 amide bonds. The van der Waals surface area contributed by atoms with Gasteiger partial charge in [-0.1, -0.05) is 18.2 Å². The fourth-order valence-electron chi connectivity index (χ4n) is 5.05. The Morgan fingerprint density at radius 1 is 1.06 bits per heavy atom. The third-order valence-corrected chi connectivity index (χ3v) is 6.49. The molecule has 1 aromatic carbocycles. The highest BCUT2D eigenvalue weighted by Crippen LogP contribution is 2.40. The number of nitrogens with zero attached hydrogens (tertiary/aromatic N) is 1. The lowest BCUT2D eigenvalue weighted by Gasteiger charge is -2.30. The zero-order valence-corrected chi connectivity index (χ0v) is 18.7. The quantitative estimate of drug-likeness (QED) is 0.521. The number of hydrogen-bond donors (Lipinski definition) is 3. The van der Waals surface area contributed by atoms with E-state index in [0.717, 1.165) is 69.4 Å². The van der Waals surface area contributed by atoms with E-state index < -0.39 is 10.1 Å². The van der Waals surface area contributed by atoms with Gasteiger partial charge >= 0.3 is 0 Å². The zero-order chi connectivity index (χ0) is 22.2. The van der Waals surface area contributed by atoms with Gasteiger partial charge in [0.25, 0.3) is 15.7 Å². The second-order valence-electron chi connectivity index (χ2n) is 8.83. The Balaban J connectivity index is 0.000000418. The van der Waals surface area contributed by atoms with E-state index in [4.69, 9.17) is 4.55 Å². The molecule has 0 bridgehead atoms. The molecular formula is C23H30N2O5S. The Kier molecular flexibility index (Phi) is 6.35. The van der Waals surface area contributed by atoms with Crippen molar-refractivity contribution in [2.45, 2.75) is 57.6 Å². The van der Waals surface area contributed by atoms with Crippen molar-refractivity contribution in [1.29, 1.82) is 0 Å². The van der Waals surface area contributed by atoms with Crippen LogP contribution in [0.4, 0.5) is 0 Å². The van der Waals surface area contributed by atoms with E-state index in [-0.39, 0.29) is 11.7 Å². The second kappa shape index (κ2) is 8.86. The molecule has 8 heteroatoms. The molecule has 1 saturated heterocycles. The largest absolute Gasteiger partial charge is 0.393 e. The van der Waals surface area contributed by atoms with Gasteiger partial charge in [-0.05, 0) is 60.8 Å². The monoisotopic (exact) mass is 446 g/mol. The standard InChI is InChI=1S/C22H26N2O2.CH4O3S/c25-15-8-10-24(11-9-15)13-14-4-3-7-17-19(14)12-20-16-5-1-2-6-18(16)22(26)23-21(17)20;1-5(2,3)4/h3-4,7,15,25H,1-2,5-6,8-13H2,(H,23,26);1H3,(H,2,3,4). The van der Waals surface area contributed by atoms with Crippen molar-refractivity contribution in [2.75, 3.05) is 19.3 Å². The summed E-state index contributed by atoms with van der Waals surface area (Å²) < 4.78 is 25.9. The minimum Gasteiger partial charge on any atom is -0.393 e. The molecule has 1 aliphatic heterocycles. The van der Waals surface area contributed by atoms with Crippen molar-refractivity contribution in [3.05, 3.63) is 56.4 Å². The molecular weight excluding hydrogens is 416 g/mol. The van der Waals surface area contributed by atoms with Crippen molar-refractivity contribution in [2.24, 2.45) is 0 Å². The SMILES string of the molecule is CS(=O)(=O)O.O=c1[nH]c2c(c3c1CCCC3)Cc1c(CN3CCC(O)CC3)cccc1-2. The van der Waals surface area contributed by atoms with Crippen molar-refractivity contribution >= 4 is 10.1 Å². The summed E-state index contributed by atoms with van der Waals surface area (Å²) in [5, 5.41) is 9.74. The molecule has 0 saturated carbocycles. The van der Waals surface area contributed by atoms with Gasteiger partial charge in [-0.15, -0.1) is 0 Å². The Hall–Kier alpha value is -2.00. The lowest BCUT2D eigenvalue weighted by Crippen LogP contribution is -2.35. The number of fused-ring (bicyclic) bond motifs is 5. The average molecular weight is 447 g/mol. The summed E-state index contributed by atoms with van der Waals surface area (Å²) in [6.45, 7) is 2.87.